The van der Waals surface area contributed by atoms with E-state index in [1.165, 1.54) is 24.3 Å². The largest absolute Gasteiger partial charge is 0.336 e. The van der Waals surface area contributed by atoms with Gasteiger partial charge in [-0.05, 0) is 52.9 Å². The zero-order valence-corrected chi connectivity index (χ0v) is 16.0. The van der Waals surface area contributed by atoms with Gasteiger partial charge in [0.25, 0.3) is 5.91 Å². The SMILES string of the molecule is CN(Cc1cccc(F)c1)C(=O)c1cc2sccc2n1Cc1cccc(F)c1. The molecule has 6 heteroatoms. The predicted octanol–water partition coefficient (Wildman–Crippen LogP) is 5.30. The van der Waals surface area contributed by atoms with E-state index in [1.54, 1.807) is 41.5 Å². The third kappa shape index (κ3) is 3.68. The highest BCUT2D eigenvalue weighted by atomic mass is 32.1. The number of carbonyl (C=O) groups is 1. The quantitative estimate of drug-likeness (QED) is 0.449. The van der Waals surface area contributed by atoms with Crippen molar-refractivity contribution in [3.8, 4) is 0 Å². The van der Waals surface area contributed by atoms with E-state index in [9.17, 15) is 13.6 Å². The highest BCUT2D eigenvalue weighted by molar-refractivity contribution is 7.17. The highest BCUT2D eigenvalue weighted by Crippen LogP contribution is 2.27. The van der Waals surface area contributed by atoms with Gasteiger partial charge in [0, 0.05) is 20.1 Å². The minimum atomic E-state index is -0.326. The summed E-state index contributed by atoms with van der Waals surface area (Å²) in [6, 6.07) is 16.4. The molecule has 0 saturated carbocycles. The van der Waals surface area contributed by atoms with Crippen molar-refractivity contribution in [3.05, 3.63) is 94.5 Å². The number of thiophene rings is 1. The van der Waals surface area contributed by atoms with Crippen LogP contribution < -0.4 is 0 Å². The minimum Gasteiger partial charge on any atom is -0.336 e. The Kier molecular flexibility index (Phi) is 4.96. The van der Waals surface area contributed by atoms with Gasteiger partial charge in [-0.1, -0.05) is 24.3 Å². The summed E-state index contributed by atoms with van der Waals surface area (Å²) in [4.78, 5) is 14.7. The third-order valence-corrected chi connectivity index (χ3v) is 5.48. The first-order chi connectivity index (χ1) is 13.5. The van der Waals surface area contributed by atoms with Crippen molar-refractivity contribution >= 4 is 27.5 Å². The lowest BCUT2D eigenvalue weighted by Gasteiger charge is -2.19. The maximum absolute atomic E-state index is 13.6. The smallest absolute Gasteiger partial charge is 0.270 e. The van der Waals surface area contributed by atoms with E-state index in [0.717, 1.165) is 21.3 Å². The molecular weight excluding hydrogens is 378 g/mol. The van der Waals surface area contributed by atoms with Crippen molar-refractivity contribution in [2.45, 2.75) is 13.1 Å². The van der Waals surface area contributed by atoms with Gasteiger partial charge in [-0.2, -0.15) is 0 Å². The van der Waals surface area contributed by atoms with Gasteiger partial charge in [-0.3, -0.25) is 4.79 Å². The summed E-state index contributed by atoms with van der Waals surface area (Å²) in [6.07, 6.45) is 0. The molecule has 0 fully saturated rings. The molecule has 142 valence electrons. The molecule has 0 aliphatic heterocycles. The second-order valence-corrected chi connectivity index (χ2v) is 7.65. The van der Waals surface area contributed by atoms with Crippen LogP contribution in [-0.4, -0.2) is 22.4 Å². The molecule has 0 aliphatic carbocycles. The monoisotopic (exact) mass is 396 g/mol. The molecule has 28 heavy (non-hydrogen) atoms. The van der Waals surface area contributed by atoms with Gasteiger partial charge in [-0.25, -0.2) is 8.78 Å². The number of amides is 1. The molecule has 1 amide bonds. The van der Waals surface area contributed by atoms with Crippen LogP contribution in [-0.2, 0) is 13.1 Å². The molecule has 3 nitrogen and oxygen atoms in total. The number of hydrogen-bond acceptors (Lipinski definition) is 2. The number of rotatable bonds is 5. The van der Waals surface area contributed by atoms with Crippen molar-refractivity contribution in [3.63, 3.8) is 0 Å². The number of aromatic nitrogens is 1. The lowest BCUT2D eigenvalue weighted by Crippen LogP contribution is -2.28. The summed E-state index contributed by atoms with van der Waals surface area (Å²) in [5, 5.41) is 1.97. The molecule has 2 heterocycles. The molecule has 0 saturated heterocycles. The number of halogens is 2. The van der Waals surface area contributed by atoms with Crippen molar-refractivity contribution in [1.29, 1.82) is 0 Å². The average Bonchev–Trinajstić information content (AvgIpc) is 3.24. The number of nitrogens with zero attached hydrogens (tertiary/aromatic N) is 2. The normalized spacial score (nSPS) is 11.1. The summed E-state index contributed by atoms with van der Waals surface area (Å²) in [5.41, 5.74) is 2.98. The van der Waals surface area contributed by atoms with Crippen LogP contribution in [0.25, 0.3) is 10.2 Å². The van der Waals surface area contributed by atoms with E-state index in [1.807, 2.05) is 28.1 Å². The standard InChI is InChI=1S/C22H18F2N2OS/c1-25(13-15-4-2-6-17(23)10-15)22(27)20-12-21-19(8-9-28-21)26(20)14-16-5-3-7-18(24)11-16/h2-12H,13-14H2,1H3. The Balaban J connectivity index is 1.65. The van der Waals surface area contributed by atoms with Crippen LogP contribution >= 0.6 is 11.3 Å². The van der Waals surface area contributed by atoms with Gasteiger partial charge in [0.2, 0.25) is 0 Å². The van der Waals surface area contributed by atoms with E-state index in [-0.39, 0.29) is 17.5 Å². The molecule has 2 aromatic carbocycles. The summed E-state index contributed by atoms with van der Waals surface area (Å²) >= 11 is 1.56. The Morgan fingerprint density at radius 1 is 1.00 bits per heavy atom. The first-order valence-corrected chi connectivity index (χ1v) is 9.70. The fourth-order valence-electron chi connectivity index (χ4n) is 3.32. The number of fused-ring (bicyclic) bond motifs is 1. The van der Waals surface area contributed by atoms with Crippen LogP contribution in [0.3, 0.4) is 0 Å². The molecule has 0 unspecified atom stereocenters. The van der Waals surface area contributed by atoms with Gasteiger partial charge in [0.15, 0.2) is 0 Å². The number of carbonyl (C=O) groups excluding carboxylic acids is 1. The zero-order valence-electron chi connectivity index (χ0n) is 15.2. The minimum absolute atomic E-state index is 0.163. The topological polar surface area (TPSA) is 25.2 Å². The van der Waals surface area contributed by atoms with Crippen LogP contribution in [0.2, 0.25) is 0 Å². The Bertz CT molecular complexity index is 1150. The molecular formula is C22H18F2N2OS. The van der Waals surface area contributed by atoms with Gasteiger partial charge < -0.3 is 9.47 Å². The van der Waals surface area contributed by atoms with E-state index < -0.39 is 0 Å². The molecule has 4 aromatic rings. The van der Waals surface area contributed by atoms with Crippen LogP contribution in [0.5, 0.6) is 0 Å². The van der Waals surface area contributed by atoms with E-state index in [4.69, 9.17) is 0 Å². The zero-order chi connectivity index (χ0) is 19.7. The Labute approximate surface area is 165 Å². The van der Waals surface area contributed by atoms with Crippen molar-refractivity contribution in [2.75, 3.05) is 7.05 Å². The first kappa shape index (κ1) is 18.4. The van der Waals surface area contributed by atoms with Crippen LogP contribution in [0, 0.1) is 11.6 Å². The summed E-state index contributed by atoms with van der Waals surface area (Å²) in [7, 11) is 1.70. The first-order valence-electron chi connectivity index (χ1n) is 8.82. The molecule has 0 aliphatic rings. The van der Waals surface area contributed by atoms with E-state index >= 15 is 0 Å². The summed E-state index contributed by atoms with van der Waals surface area (Å²) < 4.78 is 29.9. The summed E-state index contributed by atoms with van der Waals surface area (Å²) in [6.45, 7) is 0.697. The molecule has 0 N–H and O–H groups in total. The van der Waals surface area contributed by atoms with Gasteiger partial charge >= 0.3 is 0 Å². The Morgan fingerprint density at radius 3 is 2.39 bits per heavy atom. The number of benzene rings is 2. The van der Waals surface area contributed by atoms with Crippen molar-refractivity contribution in [1.82, 2.24) is 9.47 Å². The van der Waals surface area contributed by atoms with E-state index in [0.29, 0.717) is 18.8 Å². The highest BCUT2D eigenvalue weighted by Gasteiger charge is 2.20. The molecule has 0 spiro atoms. The second kappa shape index (κ2) is 7.56. The Morgan fingerprint density at radius 2 is 1.68 bits per heavy atom. The van der Waals surface area contributed by atoms with Crippen LogP contribution in [0.4, 0.5) is 8.78 Å². The van der Waals surface area contributed by atoms with Crippen molar-refractivity contribution < 1.29 is 13.6 Å². The third-order valence-electron chi connectivity index (χ3n) is 4.63. The lowest BCUT2D eigenvalue weighted by atomic mass is 10.2. The molecule has 0 bridgehead atoms. The predicted molar refractivity (Wildman–Crippen MR) is 108 cm³/mol. The average molecular weight is 396 g/mol. The maximum atomic E-state index is 13.6. The lowest BCUT2D eigenvalue weighted by molar-refractivity contribution is 0.0775. The molecule has 4 rings (SSSR count). The molecule has 2 aromatic heterocycles. The van der Waals surface area contributed by atoms with Gasteiger partial charge in [-0.15, -0.1) is 11.3 Å². The molecule has 0 atom stereocenters. The van der Waals surface area contributed by atoms with Crippen molar-refractivity contribution in [2.24, 2.45) is 0 Å². The van der Waals surface area contributed by atoms with Crippen LogP contribution in [0.1, 0.15) is 21.6 Å². The Hall–Kier alpha value is -2.99. The number of hydrogen-bond donors (Lipinski definition) is 0. The fourth-order valence-corrected chi connectivity index (χ4v) is 4.14. The van der Waals surface area contributed by atoms with Gasteiger partial charge in [0.05, 0.1) is 10.2 Å². The van der Waals surface area contributed by atoms with Gasteiger partial charge in [0.1, 0.15) is 17.3 Å². The summed E-state index contributed by atoms with van der Waals surface area (Å²) in [5.74, 6) is -0.792. The van der Waals surface area contributed by atoms with Crippen LogP contribution in [0.15, 0.2) is 66.0 Å². The fraction of sp³-hybridized carbons (Fsp3) is 0.136. The van der Waals surface area contributed by atoms with E-state index in [2.05, 4.69) is 0 Å². The maximum Gasteiger partial charge on any atom is 0.270 e. The molecule has 0 radical (unpaired) electrons. The second-order valence-electron chi connectivity index (χ2n) is 6.71.